The molecule has 1 amide bonds. The first-order chi connectivity index (χ1) is 14.1. The third-order valence-electron chi connectivity index (χ3n) is 5.81. The molecule has 0 saturated carbocycles. The van der Waals surface area contributed by atoms with E-state index >= 15 is 0 Å². The molecule has 3 saturated heterocycles. The predicted molar refractivity (Wildman–Crippen MR) is 97.4 cm³/mol. The Bertz CT molecular complexity index is 761. The highest BCUT2D eigenvalue weighted by Crippen LogP contribution is 2.42. The Balaban J connectivity index is 0.000000318. The molecule has 3 fully saturated rings. The maximum absolute atomic E-state index is 11.8. The van der Waals surface area contributed by atoms with Gasteiger partial charge in [-0.25, -0.2) is 4.79 Å². The second-order valence-corrected chi connectivity index (χ2v) is 8.05. The van der Waals surface area contributed by atoms with Crippen LogP contribution in [0.1, 0.15) is 37.1 Å². The lowest BCUT2D eigenvalue weighted by Gasteiger charge is -2.50. The van der Waals surface area contributed by atoms with Crippen molar-refractivity contribution in [1.82, 2.24) is 15.0 Å². The molecule has 1 aromatic heterocycles. The van der Waals surface area contributed by atoms with E-state index in [1.54, 1.807) is 0 Å². The molecule has 0 aromatic carbocycles. The van der Waals surface area contributed by atoms with Gasteiger partial charge in [0, 0.05) is 51.8 Å². The van der Waals surface area contributed by atoms with Gasteiger partial charge in [0.15, 0.2) is 0 Å². The highest BCUT2D eigenvalue weighted by molar-refractivity contribution is 5.78. The number of alkyl halides is 3. The van der Waals surface area contributed by atoms with Gasteiger partial charge in [0.05, 0.1) is 11.3 Å². The summed E-state index contributed by atoms with van der Waals surface area (Å²) in [7, 11) is 0. The zero-order valence-electron chi connectivity index (χ0n) is 16.8. The summed E-state index contributed by atoms with van der Waals surface area (Å²) in [5.74, 6) is -0.992. The van der Waals surface area contributed by atoms with Gasteiger partial charge in [-0.05, 0) is 32.1 Å². The van der Waals surface area contributed by atoms with Crippen LogP contribution in [-0.2, 0) is 20.9 Å². The first-order valence-electron chi connectivity index (χ1n) is 9.95. The van der Waals surface area contributed by atoms with E-state index in [1.165, 1.54) is 0 Å². The van der Waals surface area contributed by atoms with Gasteiger partial charge in [0.25, 0.3) is 0 Å². The van der Waals surface area contributed by atoms with Crippen LogP contribution in [0, 0.1) is 12.8 Å². The summed E-state index contributed by atoms with van der Waals surface area (Å²) in [6.45, 7) is 7.39. The summed E-state index contributed by atoms with van der Waals surface area (Å²) in [5, 5.41) is 11.2. The molecular weight excluding hydrogens is 407 g/mol. The Kier molecular flexibility index (Phi) is 6.71. The number of carboxylic acid groups (broad SMARTS) is 1. The van der Waals surface area contributed by atoms with Crippen molar-refractivity contribution in [2.24, 2.45) is 5.92 Å². The molecule has 4 rings (SSSR count). The number of carbonyl (C=O) groups is 2. The molecule has 168 valence electrons. The molecule has 3 aliphatic rings. The minimum absolute atomic E-state index is 0.0154. The average molecular weight is 433 g/mol. The number of halogens is 3. The molecule has 0 radical (unpaired) electrons. The number of aryl methyl sites for hydroxylation is 1. The minimum atomic E-state index is -5.08. The van der Waals surface area contributed by atoms with Crippen molar-refractivity contribution >= 4 is 11.9 Å². The lowest BCUT2D eigenvalue weighted by Crippen LogP contribution is -2.64. The average Bonchev–Trinajstić information content (AvgIpc) is 3.33. The third-order valence-corrected chi connectivity index (χ3v) is 5.81. The van der Waals surface area contributed by atoms with E-state index in [0.717, 1.165) is 76.5 Å². The first-order valence-corrected chi connectivity index (χ1v) is 9.95. The first kappa shape index (κ1) is 22.5. The molecule has 1 spiro atoms. The van der Waals surface area contributed by atoms with Gasteiger partial charge in [0.2, 0.25) is 5.91 Å². The standard InChI is InChI=1S/C17H25N3O3.C2HF3O2/c1-13-9-15(18-23-13)10-19-11-17(12-19)14(5-8-22-17)4-7-20-6-2-3-16(20)21;3-2(4,5)1(6)7/h9,14H,2-8,10-12H2,1H3;(H,6,7). The zero-order chi connectivity index (χ0) is 21.9. The molecule has 8 nitrogen and oxygen atoms in total. The van der Waals surface area contributed by atoms with Gasteiger partial charge in [-0.3, -0.25) is 9.69 Å². The number of carboxylic acids is 1. The molecule has 4 heterocycles. The van der Waals surface area contributed by atoms with Crippen molar-refractivity contribution in [3.63, 3.8) is 0 Å². The third kappa shape index (κ3) is 5.31. The van der Waals surface area contributed by atoms with Crippen LogP contribution < -0.4 is 0 Å². The number of nitrogens with zero attached hydrogens (tertiary/aromatic N) is 3. The molecule has 1 aromatic rings. The normalized spacial score (nSPS) is 23.4. The van der Waals surface area contributed by atoms with E-state index < -0.39 is 12.1 Å². The molecule has 30 heavy (non-hydrogen) atoms. The Morgan fingerprint density at radius 3 is 2.63 bits per heavy atom. The quantitative estimate of drug-likeness (QED) is 0.761. The number of hydrogen-bond acceptors (Lipinski definition) is 6. The van der Waals surface area contributed by atoms with Crippen LogP contribution in [0.25, 0.3) is 0 Å². The van der Waals surface area contributed by atoms with E-state index in [-0.39, 0.29) is 5.60 Å². The monoisotopic (exact) mass is 433 g/mol. The van der Waals surface area contributed by atoms with E-state index in [9.17, 15) is 18.0 Å². The van der Waals surface area contributed by atoms with Crippen molar-refractivity contribution < 1.29 is 37.1 Å². The number of amides is 1. The van der Waals surface area contributed by atoms with Crippen LogP contribution in [-0.4, -0.2) is 76.5 Å². The summed E-state index contributed by atoms with van der Waals surface area (Å²) in [6.07, 6.45) is -1.13. The maximum atomic E-state index is 11.8. The second-order valence-electron chi connectivity index (χ2n) is 8.05. The largest absolute Gasteiger partial charge is 0.490 e. The lowest BCUT2D eigenvalue weighted by atomic mass is 9.79. The van der Waals surface area contributed by atoms with Crippen LogP contribution in [0.4, 0.5) is 13.2 Å². The fourth-order valence-electron chi connectivity index (χ4n) is 4.34. The number of rotatable bonds is 5. The molecular formula is C19H26F3N3O5. The number of aromatic nitrogens is 1. The number of ether oxygens (including phenoxy) is 1. The predicted octanol–water partition coefficient (Wildman–Crippen LogP) is 2.22. The molecule has 3 aliphatic heterocycles. The molecule has 11 heteroatoms. The van der Waals surface area contributed by atoms with Crippen molar-refractivity contribution in [1.29, 1.82) is 0 Å². The van der Waals surface area contributed by atoms with E-state index in [2.05, 4.69) is 10.1 Å². The summed E-state index contributed by atoms with van der Waals surface area (Å²) >= 11 is 0. The van der Waals surface area contributed by atoms with Crippen LogP contribution in [0.5, 0.6) is 0 Å². The summed E-state index contributed by atoms with van der Waals surface area (Å²) in [4.78, 5) is 25.0. The Morgan fingerprint density at radius 2 is 2.10 bits per heavy atom. The van der Waals surface area contributed by atoms with Gasteiger partial charge in [0.1, 0.15) is 5.76 Å². The number of hydrogen-bond donors (Lipinski definition) is 1. The zero-order valence-corrected chi connectivity index (χ0v) is 16.8. The molecule has 0 bridgehead atoms. The summed E-state index contributed by atoms with van der Waals surface area (Å²) in [5.41, 5.74) is 1.01. The lowest BCUT2D eigenvalue weighted by molar-refractivity contribution is -0.192. The van der Waals surface area contributed by atoms with Crippen molar-refractivity contribution in [2.45, 2.75) is 50.9 Å². The highest BCUT2D eigenvalue weighted by atomic mass is 19.4. The van der Waals surface area contributed by atoms with Gasteiger partial charge in [-0.15, -0.1) is 0 Å². The van der Waals surface area contributed by atoms with Crippen LogP contribution in [0.3, 0.4) is 0 Å². The second kappa shape index (κ2) is 8.93. The van der Waals surface area contributed by atoms with Crippen LogP contribution in [0.2, 0.25) is 0 Å². The van der Waals surface area contributed by atoms with Gasteiger partial charge >= 0.3 is 12.1 Å². The van der Waals surface area contributed by atoms with Crippen molar-refractivity contribution in [3.05, 3.63) is 17.5 Å². The number of aliphatic carboxylic acids is 1. The van der Waals surface area contributed by atoms with Crippen LogP contribution >= 0.6 is 0 Å². The van der Waals surface area contributed by atoms with E-state index in [0.29, 0.717) is 11.8 Å². The molecule has 0 aliphatic carbocycles. The smallest absolute Gasteiger partial charge is 0.475 e. The Morgan fingerprint density at radius 1 is 1.40 bits per heavy atom. The van der Waals surface area contributed by atoms with Gasteiger partial charge in [-0.2, -0.15) is 13.2 Å². The SMILES string of the molecule is Cc1cc(CN2CC3(C2)OCCC3CCN2CCCC2=O)no1.O=C(O)C(F)(F)F. The number of likely N-dealkylation sites (tertiary alicyclic amines) is 2. The number of carbonyl (C=O) groups excluding carboxylic acids is 1. The van der Waals surface area contributed by atoms with Gasteiger partial charge < -0.3 is 19.3 Å². The van der Waals surface area contributed by atoms with E-state index in [1.807, 2.05) is 17.9 Å². The molecule has 1 atom stereocenters. The minimum Gasteiger partial charge on any atom is -0.475 e. The fourth-order valence-corrected chi connectivity index (χ4v) is 4.34. The van der Waals surface area contributed by atoms with Crippen molar-refractivity contribution in [3.8, 4) is 0 Å². The fraction of sp³-hybridized carbons (Fsp3) is 0.737. The van der Waals surface area contributed by atoms with E-state index in [4.69, 9.17) is 19.2 Å². The Hall–Kier alpha value is -2.14. The topological polar surface area (TPSA) is 96.1 Å². The maximum Gasteiger partial charge on any atom is 0.490 e. The molecule has 1 N–H and O–H groups in total. The van der Waals surface area contributed by atoms with Crippen molar-refractivity contribution in [2.75, 3.05) is 32.8 Å². The molecule has 1 unspecified atom stereocenters. The van der Waals surface area contributed by atoms with Gasteiger partial charge in [-0.1, -0.05) is 5.16 Å². The summed E-state index contributed by atoms with van der Waals surface area (Å²) < 4.78 is 43.0. The summed E-state index contributed by atoms with van der Waals surface area (Å²) in [6, 6.07) is 2.00. The highest BCUT2D eigenvalue weighted by Gasteiger charge is 2.52. The van der Waals surface area contributed by atoms with Crippen LogP contribution in [0.15, 0.2) is 10.6 Å². The Labute approximate surface area is 171 Å².